The lowest BCUT2D eigenvalue weighted by molar-refractivity contribution is -0.143. The summed E-state index contributed by atoms with van der Waals surface area (Å²) in [6.45, 7) is 1.69. The van der Waals surface area contributed by atoms with Gasteiger partial charge in [0.25, 0.3) is 5.91 Å². The van der Waals surface area contributed by atoms with Gasteiger partial charge in [0.1, 0.15) is 5.75 Å². The summed E-state index contributed by atoms with van der Waals surface area (Å²) in [5.74, 6) is 0.876. The molecule has 0 aliphatic carbocycles. The van der Waals surface area contributed by atoms with Gasteiger partial charge >= 0.3 is 0 Å². The van der Waals surface area contributed by atoms with E-state index in [4.69, 9.17) is 9.57 Å². The lowest BCUT2D eigenvalue weighted by Crippen LogP contribution is -2.42. The van der Waals surface area contributed by atoms with Gasteiger partial charge < -0.3 is 14.5 Å². The Morgan fingerprint density at radius 3 is 2.62 bits per heavy atom. The number of rotatable bonds is 3. The molecule has 1 aromatic carbocycles. The number of carbonyl (C=O) groups is 1. The summed E-state index contributed by atoms with van der Waals surface area (Å²) in [6, 6.07) is 7.65. The second kappa shape index (κ2) is 6.16. The van der Waals surface area contributed by atoms with Gasteiger partial charge in [-0.15, -0.1) is 0 Å². The summed E-state index contributed by atoms with van der Waals surface area (Å²) in [6.07, 6.45) is 3.47. The summed E-state index contributed by atoms with van der Waals surface area (Å²) >= 11 is 0. The first kappa shape index (κ1) is 13.9. The molecule has 5 heteroatoms. The Morgan fingerprint density at radius 2 is 1.95 bits per heavy atom. The molecule has 0 spiro atoms. The number of likely N-dealkylation sites (tertiary alicyclic amines) is 1. The molecular weight excluding hydrogens is 268 g/mol. The number of ether oxygens (including phenoxy) is 1. The summed E-state index contributed by atoms with van der Waals surface area (Å²) in [7, 11) is 1.64. The van der Waals surface area contributed by atoms with Crippen molar-refractivity contribution in [2.75, 3.05) is 20.2 Å². The zero-order valence-electron chi connectivity index (χ0n) is 12.2. The summed E-state index contributed by atoms with van der Waals surface area (Å²) in [5, 5.41) is 4.09. The van der Waals surface area contributed by atoms with Gasteiger partial charge in [-0.05, 0) is 49.1 Å². The molecule has 1 unspecified atom stereocenters. The zero-order valence-corrected chi connectivity index (χ0v) is 12.2. The Balaban J connectivity index is 1.62. The Bertz CT molecular complexity index is 533. The SMILES string of the molecule is COc1ccc(C2=NOC(C(=O)N3CCCCC3)C2)cc1. The van der Waals surface area contributed by atoms with Crippen molar-refractivity contribution in [3.05, 3.63) is 29.8 Å². The highest BCUT2D eigenvalue weighted by Crippen LogP contribution is 2.21. The molecule has 2 aliphatic heterocycles. The number of amides is 1. The van der Waals surface area contributed by atoms with Crippen LogP contribution in [0.5, 0.6) is 5.75 Å². The fraction of sp³-hybridized carbons (Fsp3) is 0.500. The van der Waals surface area contributed by atoms with Crippen molar-refractivity contribution >= 4 is 11.6 Å². The Morgan fingerprint density at radius 1 is 1.24 bits per heavy atom. The minimum absolute atomic E-state index is 0.0713. The van der Waals surface area contributed by atoms with Crippen LogP contribution in [0, 0.1) is 0 Å². The highest BCUT2D eigenvalue weighted by atomic mass is 16.6. The van der Waals surface area contributed by atoms with Gasteiger partial charge in [-0.25, -0.2) is 0 Å². The van der Waals surface area contributed by atoms with Crippen molar-refractivity contribution < 1.29 is 14.4 Å². The molecule has 1 atom stereocenters. The number of piperidine rings is 1. The van der Waals surface area contributed by atoms with Gasteiger partial charge in [0, 0.05) is 19.5 Å². The van der Waals surface area contributed by atoms with E-state index in [1.807, 2.05) is 29.2 Å². The van der Waals surface area contributed by atoms with E-state index in [1.165, 1.54) is 6.42 Å². The fourth-order valence-corrected chi connectivity index (χ4v) is 2.78. The van der Waals surface area contributed by atoms with Gasteiger partial charge in [-0.1, -0.05) is 5.16 Å². The molecule has 0 bridgehead atoms. The maximum Gasteiger partial charge on any atom is 0.266 e. The molecule has 0 N–H and O–H groups in total. The van der Waals surface area contributed by atoms with Gasteiger partial charge in [-0.2, -0.15) is 0 Å². The summed E-state index contributed by atoms with van der Waals surface area (Å²) < 4.78 is 5.14. The van der Waals surface area contributed by atoms with Crippen molar-refractivity contribution in [3.8, 4) is 5.75 Å². The zero-order chi connectivity index (χ0) is 14.7. The van der Waals surface area contributed by atoms with Crippen LogP contribution >= 0.6 is 0 Å². The lowest BCUT2D eigenvalue weighted by Gasteiger charge is -2.28. The molecule has 1 amide bonds. The largest absolute Gasteiger partial charge is 0.497 e. The van der Waals surface area contributed by atoms with E-state index >= 15 is 0 Å². The monoisotopic (exact) mass is 288 g/mol. The Hall–Kier alpha value is -2.04. The van der Waals surface area contributed by atoms with E-state index in [0.717, 1.165) is 43.0 Å². The van der Waals surface area contributed by atoms with Crippen LogP contribution in [0.1, 0.15) is 31.2 Å². The van der Waals surface area contributed by atoms with Gasteiger partial charge in [0.05, 0.1) is 12.8 Å². The number of hydrogen-bond acceptors (Lipinski definition) is 4. The average Bonchev–Trinajstić information content (AvgIpc) is 3.05. The average molecular weight is 288 g/mol. The molecule has 1 saturated heterocycles. The van der Waals surface area contributed by atoms with Crippen molar-refractivity contribution in [3.63, 3.8) is 0 Å². The van der Waals surface area contributed by atoms with Crippen LogP contribution in [0.3, 0.4) is 0 Å². The Kier molecular flexibility index (Phi) is 4.08. The van der Waals surface area contributed by atoms with Crippen molar-refractivity contribution in [2.45, 2.75) is 31.8 Å². The van der Waals surface area contributed by atoms with Crippen LogP contribution in [-0.2, 0) is 9.63 Å². The van der Waals surface area contributed by atoms with Crippen molar-refractivity contribution in [1.82, 2.24) is 4.90 Å². The minimum Gasteiger partial charge on any atom is -0.497 e. The molecule has 21 heavy (non-hydrogen) atoms. The molecule has 0 saturated carbocycles. The van der Waals surface area contributed by atoms with Gasteiger partial charge in [0.2, 0.25) is 6.10 Å². The van der Waals surface area contributed by atoms with Crippen LogP contribution in [-0.4, -0.2) is 42.8 Å². The third kappa shape index (κ3) is 3.01. The molecule has 5 nitrogen and oxygen atoms in total. The van der Waals surface area contributed by atoms with Gasteiger partial charge in [0.15, 0.2) is 0 Å². The normalized spacial score (nSPS) is 21.7. The van der Waals surface area contributed by atoms with E-state index < -0.39 is 6.10 Å². The minimum atomic E-state index is -0.458. The molecular formula is C16H20N2O3. The maximum absolute atomic E-state index is 12.4. The molecule has 0 radical (unpaired) electrons. The number of benzene rings is 1. The Labute approximate surface area is 124 Å². The van der Waals surface area contributed by atoms with Crippen LogP contribution in [0.15, 0.2) is 29.4 Å². The topological polar surface area (TPSA) is 51.1 Å². The quantitative estimate of drug-likeness (QED) is 0.856. The second-order valence-electron chi connectivity index (χ2n) is 5.45. The van der Waals surface area contributed by atoms with E-state index in [0.29, 0.717) is 6.42 Å². The highest BCUT2D eigenvalue weighted by Gasteiger charge is 2.32. The lowest BCUT2D eigenvalue weighted by atomic mass is 10.0. The number of carbonyl (C=O) groups excluding carboxylic acids is 1. The number of nitrogens with zero attached hydrogens (tertiary/aromatic N) is 2. The molecule has 1 aromatic rings. The van der Waals surface area contributed by atoms with Crippen LogP contribution in [0.25, 0.3) is 0 Å². The van der Waals surface area contributed by atoms with Crippen LogP contribution in [0.4, 0.5) is 0 Å². The number of methoxy groups -OCH3 is 1. The molecule has 0 aromatic heterocycles. The predicted molar refractivity (Wildman–Crippen MR) is 79.5 cm³/mol. The predicted octanol–water partition coefficient (Wildman–Crippen LogP) is 2.20. The van der Waals surface area contributed by atoms with E-state index in [1.54, 1.807) is 7.11 Å². The van der Waals surface area contributed by atoms with Crippen LogP contribution < -0.4 is 4.74 Å². The third-order valence-electron chi connectivity index (χ3n) is 4.04. The van der Waals surface area contributed by atoms with E-state index in [-0.39, 0.29) is 5.91 Å². The van der Waals surface area contributed by atoms with Crippen molar-refractivity contribution in [2.24, 2.45) is 5.16 Å². The van der Waals surface area contributed by atoms with E-state index in [9.17, 15) is 4.79 Å². The smallest absolute Gasteiger partial charge is 0.266 e. The van der Waals surface area contributed by atoms with Gasteiger partial charge in [-0.3, -0.25) is 4.79 Å². The highest BCUT2D eigenvalue weighted by molar-refractivity contribution is 6.04. The molecule has 2 aliphatic rings. The standard InChI is InChI=1S/C16H20N2O3/c1-20-13-7-5-12(6-8-13)14-11-15(21-17-14)16(19)18-9-3-2-4-10-18/h5-8,15H,2-4,9-11H2,1H3. The summed E-state index contributed by atoms with van der Waals surface area (Å²) in [5.41, 5.74) is 1.80. The summed E-state index contributed by atoms with van der Waals surface area (Å²) in [4.78, 5) is 19.6. The third-order valence-corrected chi connectivity index (χ3v) is 4.04. The molecule has 3 rings (SSSR count). The maximum atomic E-state index is 12.4. The van der Waals surface area contributed by atoms with Crippen molar-refractivity contribution in [1.29, 1.82) is 0 Å². The fourth-order valence-electron chi connectivity index (χ4n) is 2.78. The van der Waals surface area contributed by atoms with E-state index in [2.05, 4.69) is 5.16 Å². The first-order valence-electron chi connectivity index (χ1n) is 7.44. The number of oxime groups is 1. The molecule has 2 heterocycles. The van der Waals surface area contributed by atoms with Crippen LogP contribution in [0.2, 0.25) is 0 Å². The first-order chi connectivity index (χ1) is 10.3. The second-order valence-corrected chi connectivity index (χ2v) is 5.45. The molecule has 112 valence electrons. The first-order valence-corrected chi connectivity index (χ1v) is 7.44. The molecule has 1 fully saturated rings. The number of hydrogen-bond donors (Lipinski definition) is 0.